The predicted octanol–water partition coefficient (Wildman–Crippen LogP) is 3.09. The molecule has 1 fully saturated rings. The van der Waals surface area contributed by atoms with Gasteiger partial charge >= 0.3 is 6.03 Å². The smallest absolute Gasteiger partial charge is 0.315 e. The van der Waals surface area contributed by atoms with E-state index in [9.17, 15) is 13.2 Å². The molecule has 134 valence electrons. The Morgan fingerprint density at radius 3 is 2.60 bits per heavy atom. The van der Waals surface area contributed by atoms with Crippen LogP contribution in [-0.4, -0.2) is 32.7 Å². The molecule has 1 aromatic heterocycles. The van der Waals surface area contributed by atoms with Gasteiger partial charge in [0.05, 0.1) is 26.0 Å². The van der Waals surface area contributed by atoms with Crippen LogP contribution in [-0.2, 0) is 15.4 Å². The zero-order chi connectivity index (χ0) is 18.4. The number of aryl methyl sites for hydroxylation is 1. The Bertz CT molecular complexity index is 950. The van der Waals surface area contributed by atoms with Gasteiger partial charge in [0.1, 0.15) is 5.01 Å². The Balaban J connectivity index is 2.01. The third-order valence-corrected chi connectivity index (χ3v) is 7.12. The molecule has 0 spiro atoms. The van der Waals surface area contributed by atoms with Gasteiger partial charge in [0.25, 0.3) is 0 Å². The Labute approximate surface area is 155 Å². The van der Waals surface area contributed by atoms with Gasteiger partial charge in [0.2, 0.25) is 0 Å². The van der Waals surface area contributed by atoms with Gasteiger partial charge in [-0.25, -0.2) is 18.2 Å². The first kappa shape index (κ1) is 18.2. The molecule has 1 aliphatic carbocycles. The van der Waals surface area contributed by atoms with E-state index in [4.69, 9.17) is 11.6 Å². The summed E-state index contributed by atoms with van der Waals surface area (Å²) in [6.45, 7) is 1.88. The molecule has 0 bridgehead atoms. The number of hydrogen-bond acceptors (Lipinski definition) is 5. The van der Waals surface area contributed by atoms with Crippen molar-refractivity contribution >= 4 is 38.8 Å². The molecule has 25 heavy (non-hydrogen) atoms. The first-order valence-electron chi connectivity index (χ1n) is 7.64. The highest BCUT2D eigenvalue weighted by molar-refractivity contribution is 7.90. The van der Waals surface area contributed by atoms with Gasteiger partial charge in [-0.15, -0.1) is 11.3 Å². The number of nitrogens with zero attached hydrogens (tertiary/aromatic N) is 1. The molecule has 9 heteroatoms. The van der Waals surface area contributed by atoms with Gasteiger partial charge in [0, 0.05) is 13.3 Å². The lowest BCUT2D eigenvalue weighted by atomic mass is 10.1. The molecule has 1 heterocycles. The second kappa shape index (κ2) is 6.26. The summed E-state index contributed by atoms with van der Waals surface area (Å²) in [6, 6.07) is 4.71. The summed E-state index contributed by atoms with van der Waals surface area (Å²) in [4.78, 5) is 17.3. The lowest BCUT2D eigenvalue weighted by Crippen LogP contribution is -2.40. The van der Waals surface area contributed by atoms with Crippen molar-refractivity contribution in [1.29, 1.82) is 0 Å². The number of nitrogens with one attached hydrogen (secondary N) is 2. The Morgan fingerprint density at radius 1 is 1.36 bits per heavy atom. The number of carbonyl (C=O) groups is 1. The third-order valence-electron chi connectivity index (χ3n) is 4.13. The van der Waals surface area contributed by atoms with Crippen molar-refractivity contribution in [3.63, 3.8) is 0 Å². The molecule has 1 saturated carbocycles. The van der Waals surface area contributed by atoms with E-state index in [-0.39, 0.29) is 15.9 Å². The van der Waals surface area contributed by atoms with Crippen LogP contribution in [0.25, 0.3) is 10.4 Å². The van der Waals surface area contributed by atoms with Gasteiger partial charge in [-0.3, -0.25) is 0 Å². The fourth-order valence-electron chi connectivity index (χ4n) is 2.59. The molecule has 2 N–H and O–H groups in total. The van der Waals surface area contributed by atoms with E-state index < -0.39 is 15.4 Å². The Kier molecular flexibility index (Phi) is 4.55. The van der Waals surface area contributed by atoms with Gasteiger partial charge in [-0.1, -0.05) is 17.7 Å². The summed E-state index contributed by atoms with van der Waals surface area (Å²) in [6.07, 6.45) is 2.81. The number of sulfone groups is 1. The van der Waals surface area contributed by atoms with Crippen molar-refractivity contribution in [2.45, 2.75) is 30.2 Å². The maximum atomic E-state index is 11.9. The number of benzene rings is 1. The number of amides is 2. The molecule has 0 atom stereocenters. The second-order valence-corrected chi connectivity index (χ2v) is 9.53. The van der Waals surface area contributed by atoms with E-state index in [1.165, 1.54) is 11.3 Å². The van der Waals surface area contributed by atoms with Crippen LogP contribution in [0.4, 0.5) is 4.79 Å². The monoisotopic (exact) mass is 399 g/mol. The van der Waals surface area contributed by atoms with E-state index in [0.29, 0.717) is 0 Å². The lowest BCUT2D eigenvalue weighted by Gasteiger charge is -2.13. The molecule has 0 unspecified atom stereocenters. The molecule has 0 aliphatic heterocycles. The predicted molar refractivity (Wildman–Crippen MR) is 98.9 cm³/mol. The summed E-state index contributed by atoms with van der Waals surface area (Å²) in [5.41, 5.74) is 1.13. The van der Waals surface area contributed by atoms with Gasteiger partial charge in [0.15, 0.2) is 9.84 Å². The van der Waals surface area contributed by atoms with Crippen LogP contribution in [0.3, 0.4) is 0 Å². The summed E-state index contributed by atoms with van der Waals surface area (Å²) in [5, 5.41) is 6.55. The molecule has 2 aromatic rings. The number of hydrogen-bond donors (Lipinski definition) is 2. The molecule has 1 aliphatic rings. The van der Waals surface area contributed by atoms with Crippen LogP contribution in [0.1, 0.15) is 23.5 Å². The molecule has 0 saturated heterocycles. The highest BCUT2D eigenvalue weighted by Gasteiger charge is 2.48. The van der Waals surface area contributed by atoms with E-state index in [1.807, 2.05) is 6.92 Å². The van der Waals surface area contributed by atoms with Crippen LogP contribution < -0.4 is 10.6 Å². The average Bonchev–Trinajstić information content (AvgIpc) is 3.21. The van der Waals surface area contributed by atoms with Crippen LogP contribution >= 0.6 is 22.9 Å². The van der Waals surface area contributed by atoms with Crippen LogP contribution in [0.2, 0.25) is 5.02 Å². The quantitative estimate of drug-likeness (QED) is 0.826. The van der Waals surface area contributed by atoms with Crippen molar-refractivity contribution in [2.75, 3.05) is 13.3 Å². The van der Waals surface area contributed by atoms with Gasteiger partial charge in [-0.2, -0.15) is 0 Å². The van der Waals surface area contributed by atoms with Crippen molar-refractivity contribution in [3.8, 4) is 10.4 Å². The molecule has 0 radical (unpaired) electrons. The maximum absolute atomic E-state index is 11.9. The number of halogens is 1. The number of carbonyl (C=O) groups excluding carboxylic acids is 1. The fraction of sp³-hybridized carbons (Fsp3) is 0.375. The molecule has 3 rings (SSSR count). The molecular formula is C16H18ClN3O3S2. The van der Waals surface area contributed by atoms with Crippen molar-refractivity contribution in [2.24, 2.45) is 0 Å². The molecule has 6 nitrogen and oxygen atoms in total. The first-order valence-corrected chi connectivity index (χ1v) is 10.7. The highest BCUT2D eigenvalue weighted by atomic mass is 35.5. The largest absolute Gasteiger partial charge is 0.341 e. The van der Waals surface area contributed by atoms with Gasteiger partial charge in [-0.05, 0) is 37.5 Å². The van der Waals surface area contributed by atoms with E-state index in [2.05, 4.69) is 15.6 Å². The lowest BCUT2D eigenvalue weighted by molar-refractivity contribution is 0.238. The zero-order valence-electron chi connectivity index (χ0n) is 14.0. The minimum absolute atomic E-state index is 0.102. The van der Waals surface area contributed by atoms with Gasteiger partial charge < -0.3 is 10.6 Å². The minimum atomic E-state index is -3.42. The summed E-state index contributed by atoms with van der Waals surface area (Å²) in [5.74, 6) is 0. The molecular weight excluding hydrogens is 382 g/mol. The number of thiazole rings is 1. The zero-order valence-corrected chi connectivity index (χ0v) is 16.4. The SMILES string of the molecule is CNC(=O)NC1(c2nc(C)c(-c3ccc(Cl)c(S(C)(=O)=O)c3)s2)CC1. The highest BCUT2D eigenvalue weighted by Crippen LogP contribution is 2.49. The van der Waals surface area contributed by atoms with Crippen molar-refractivity contribution in [3.05, 3.63) is 33.9 Å². The summed E-state index contributed by atoms with van der Waals surface area (Å²) in [7, 11) is -1.84. The summed E-state index contributed by atoms with van der Waals surface area (Å²) < 4.78 is 23.8. The molecule has 1 aromatic carbocycles. The topological polar surface area (TPSA) is 88.2 Å². The number of urea groups is 1. The number of aromatic nitrogens is 1. The maximum Gasteiger partial charge on any atom is 0.315 e. The van der Waals surface area contributed by atoms with Crippen LogP contribution in [0, 0.1) is 6.92 Å². The average molecular weight is 400 g/mol. The molecule has 2 amide bonds. The first-order chi connectivity index (χ1) is 11.7. The third kappa shape index (κ3) is 3.51. The Morgan fingerprint density at radius 2 is 2.04 bits per heavy atom. The van der Waals surface area contributed by atoms with Crippen LogP contribution in [0.15, 0.2) is 23.1 Å². The van der Waals surface area contributed by atoms with Crippen molar-refractivity contribution in [1.82, 2.24) is 15.6 Å². The van der Waals surface area contributed by atoms with E-state index in [0.717, 1.165) is 40.2 Å². The second-order valence-electron chi connectivity index (χ2n) is 6.14. The van der Waals surface area contributed by atoms with E-state index >= 15 is 0 Å². The fourth-order valence-corrected chi connectivity index (χ4v) is 5.16. The summed E-state index contributed by atoms with van der Waals surface area (Å²) >= 11 is 7.49. The standard InChI is InChI=1S/C16H18ClN3O3S2/c1-9-13(10-4-5-11(17)12(8-10)25(3,22)23)24-14(19-9)16(6-7-16)20-15(21)18-2/h4-5,8H,6-7H2,1-3H3,(H2,18,20,21). The van der Waals surface area contributed by atoms with E-state index in [1.54, 1.807) is 25.2 Å². The normalized spacial score (nSPS) is 15.7. The number of rotatable bonds is 4. The van der Waals surface area contributed by atoms with Crippen molar-refractivity contribution < 1.29 is 13.2 Å². The minimum Gasteiger partial charge on any atom is -0.341 e. The Hall–Kier alpha value is -1.64. The van der Waals surface area contributed by atoms with Crippen LogP contribution in [0.5, 0.6) is 0 Å².